The summed E-state index contributed by atoms with van der Waals surface area (Å²) in [6.45, 7) is 4.13. The maximum absolute atomic E-state index is 12.9. The summed E-state index contributed by atoms with van der Waals surface area (Å²) in [6, 6.07) is 7.12. The van der Waals surface area contributed by atoms with Gasteiger partial charge in [0.25, 0.3) is 0 Å². The molecule has 2 aliphatic rings. The summed E-state index contributed by atoms with van der Waals surface area (Å²) in [4.78, 5) is 31.4. The summed E-state index contributed by atoms with van der Waals surface area (Å²) in [7, 11) is 0. The van der Waals surface area contributed by atoms with E-state index < -0.39 is 5.92 Å². The van der Waals surface area contributed by atoms with Gasteiger partial charge in [0.1, 0.15) is 29.3 Å². The fourth-order valence-corrected chi connectivity index (χ4v) is 5.76. The largest absolute Gasteiger partial charge is 0.487 e. The zero-order valence-corrected chi connectivity index (χ0v) is 22.9. The number of ketones is 2. The van der Waals surface area contributed by atoms with E-state index in [4.69, 9.17) is 21.2 Å². The Balaban J connectivity index is 0.00000363. The molecule has 0 spiro atoms. The van der Waals surface area contributed by atoms with Gasteiger partial charge in [-0.15, -0.1) is 0 Å². The Hall–Kier alpha value is -0.530. The van der Waals surface area contributed by atoms with E-state index in [1.54, 1.807) is 24.3 Å². The summed E-state index contributed by atoms with van der Waals surface area (Å²) < 4.78 is 5.79. The molecule has 5 nitrogen and oxygen atoms in total. The van der Waals surface area contributed by atoms with E-state index in [2.05, 4.69) is 5.16 Å². The maximum Gasteiger partial charge on any atom is 0.153 e. The Kier molecular flexibility index (Phi) is 12.1. The summed E-state index contributed by atoms with van der Waals surface area (Å²) in [5, 5.41) is 4.89. The summed E-state index contributed by atoms with van der Waals surface area (Å²) in [6.07, 6.45) is 4.44. The maximum atomic E-state index is 12.9. The topological polar surface area (TPSA) is 65.0 Å². The third-order valence-electron chi connectivity index (χ3n) is 5.91. The number of halogens is 1. The summed E-state index contributed by atoms with van der Waals surface area (Å²) in [5.41, 5.74) is 0.563. The number of Topliss-reactive ketones (excluding diaryl/α,β-unsaturated/α-hetero) is 2. The van der Waals surface area contributed by atoms with Crippen molar-refractivity contribution in [2.75, 3.05) is 18.1 Å². The quantitative estimate of drug-likeness (QED) is 0.207. The molecular formula is C24H32ClNNaO4S. The molecule has 2 fully saturated rings. The van der Waals surface area contributed by atoms with Crippen LogP contribution >= 0.6 is 23.4 Å². The number of carbonyl (C=O) groups excluding carboxylic acids is 2. The zero-order chi connectivity index (χ0) is 22.2. The van der Waals surface area contributed by atoms with Crippen molar-refractivity contribution in [2.45, 2.75) is 58.5 Å². The van der Waals surface area contributed by atoms with Crippen molar-refractivity contribution >= 4 is 70.2 Å². The molecule has 1 aliphatic carbocycles. The number of rotatable bonds is 9. The van der Waals surface area contributed by atoms with Gasteiger partial charge in [0.15, 0.2) is 6.61 Å². The van der Waals surface area contributed by atoms with E-state index >= 15 is 0 Å². The molecule has 0 aromatic heterocycles. The van der Waals surface area contributed by atoms with Gasteiger partial charge in [-0.25, -0.2) is 0 Å². The van der Waals surface area contributed by atoms with Crippen LogP contribution in [0.1, 0.15) is 52.4 Å². The molecule has 1 aliphatic heterocycles. The van der Waals surface area contributed by atoms with Crippen LogP contribution in [0.15, 0.2) is 29.4 Å². The Morgan fingerprint density at radius 2 is 1.88 bits per heavy atom. The number of hydrogen-bond donors (Lipinski definition) is 0. The van der Waals surface area contributed by atoms with Crippen LogP contribution in [-0.2, 0) is 14.4 Å². The number of hydrogen-bond acceptors (Lipinski definition) is 6. The van der Waals surface area contributed by atoms with Crippen molar-refractivity contribution in [2.24, 2.45) is 22.9 Å². The summed E-state index contributed by atoms with van der Waals surface area (Å²) >= 11 is 7.84. The Morgan fingerprint density at radius 1 is 1.19 bits per heavy atom. The smallest absolute Gasteiger partial charge is 0.153 e. The Labute approximate surface area is 222 Å². The molecule has 0 amide bonds. The van der Waals surface area contributed by atoms with E-state index in [0.29, 0.717) is 41.7 Å². The average molecular weight is 489 g/mol. The van der Waals surface area contributed by atoms with Crippen LogP contribution in [0.3, 0.4) is 0 Å². The molecule has 2 unspecified atom stereocenters. The fourth-order valence-electron chi connectivity index (χ4n) is 4.35. The van der Waals surface area contributed by atoms with Crippen LogP contribution in [-0.4, -0.2) is 71.1 Å². The number of carbonyl (C=O) groups is 2. The zero-order valence-electron chi connectivity index (χ0n) is 19.3. The van der Waals surface area contributed by atoms with Gasteiger partial charge in [-0.2, -0.15) is 11.8 Å². The molecular weight excluding hydrogens is 457 g/mol. The van der Waals surface area contributed by atoms with Gasteiger partial charge < -0.3 is 9.57 Å². The van der Waals surface area contributed by atoms with Crippen molar-refractivity contribution in [3.05, 3.63) is 29.3 Å². The second-order valence-corrected chi connectivity index (χ2v) is 10.1. The van der Waals surface area contributed by atoms with E-state index in [1.165, 1.54) is 12.2 Å². The van der Waals surface area contributed by atoms with E-state index in [-0.39, 0.29) is 59.8 Å². The van der Waals surface area contributed by atoms with Crippen LogP contribution in [0.5, 0.6) is 5.75 Å². The second kappa shape index (κ2) is 14.0. The minimum Gasteiger partial charge on any atom is -0.487 e. The second-order valence-electron chi connectivity index (χ2n) is 8.52. The molecule has 1 aromatic rings. The van der Waals surface area contributed by atoms with Crippen molar-refractivity contribution < 1.29 is 19.2 Å². The SMILES string of the molecule is CCCC(=NOCC(C)Oc1ccc(Cl)cc1)C1C(=O)CC(C2CCCSC2)CC1=O.[Na]. The molecule has 1 aromatic carbocycles. The predicted octanol–water partition coefficient (Wildman–Crippen LogP) is 5.21. The third kappa shape index (κ3) is 8.05. The molecule has 1 saturated heterocycles. The normalized spacial score (nSPS) is 25.1. The number of thioether (sulfide) groups is 1. The first kappa shape index (κ1) is 27.7. The van der Waals surface area contributed by atoms with Gasteiger partial charge in [-0.05, 0) is 73.8 Å². The van der Waals surface area contributed by atoms with E-state index in [0.717, 1.165) is 18.6 Å². The minimum atomic E-state index is -0.736. The molecule has 171 valence electrons. The minimum absolute atomic E-state index is 0. The molecule has 2 atom stereocenters. The van der Waals surface area contributed by atoms with Gasteiger partial charge in [-0.3, -0.25) is 9.59 Å². The molecule has 3 rings (SSSR count). The van der Waals surface area contributed by atoms with Crippen molar-refractivity contribution in [1.82, 2.24) is 0 Å². The van der Waals surface area contributed by atoms with Crippen LogP contribution in [0.2, 0.25) is 5.02 Å². The molecule has 1 heterocycles. The molecule has 8 heteroatoms. The monoisotopic (exact) mass is 488 g/mol. The fraction of sp³-hybridized carbons (Fsp3) is 0.625. The first-order valence-electron chi connectivity index (χ1n) is 11.2. The van der Waals surface area contributed by atoms with Crippen LogP contribution in [0.4, 0.5) is 0 Å². The first-order chi connectivity index (χ1) is 15.0. The van der Waals surface area contributed by atoms with Crippen molar-refractivity contribution in [3.8, 4) is 5.75 Å². The van der Waals surface area contributed by atoms with Gasteiger partial charge in [0.2, 0.25) is 0 Å². The first-order valence-corrected chi connectivity index (χ1v) is 12.7. The standard InChI is InChI=1S/C24H32ClNO4S.Na/c1-3-5-21(26-29-14-16(2)30-20-9-7-19(25)8-10-20)24-22(27)12-18(13-23(24)28)17-6-4-11-31-15-17;/h7-10,16-18,24H,3-6,11-15H2,1-2H3;. The Morgan fingerprint density at radius 3 is 2.47 bits per heavy atom. The third-order valence-corrected chi connectivity index (χ3v) is 7.41. The van der Waals surface area contributed by atoms with E-state index in [9.17, 15) is 9.59 Å². The molecule has 0 N–H and O–H groups in total. The number of nitrogens with zero attached hydrogens (tertiary/aromatic N) is 1. The molecule has 0 bridgehead atoms. The number of ether oxygens (including phenoxy) is 1. The van der Waals surface area contributed by atoms with Crippen LogP contribution in [0.25, 0.3) is 0 Å². The molecule has 32 heavy (non-hydrogen) atoms. The van der Waals surface area contributed by atoms with Gasteiger partial charge in [-0.1, -0.05) is 30.1 Å². The molecule has 1 radical (unpaired) electrons. The van der Waals surface area contributed by atoms with Crippen LogP contribution < -0.4 is 4.74 Å². The molecule has 1 saturated carbocycles. The van der Waals surface area contributed by atoms with Crippen LogP contribution in [0, 0.1) is 17.8 Å². The van der Waals surface area contributed by atoms with E-state index in [1.807, 2.05) is 25.6 Å². The van der Waals surface area contributed by atoms with Crippen molar-refractivity contribution in [3.63, 3.8) is 0 Å². The average Bonchev–Trinajstić information content (AvgIpc) is 2.75. The summed E-state index contributed by atoms with van der Waals surface area (Å²) in [5.74, 6) is 2.93. The number of benzene rings is 1. The van der Waals surface area contributed by atoms with Crippen molar-refractivity contribution in [1.29, 1.82) is 0 Å². The van der Waals surface area contributed by atoms with Gasteiger partial charge in [0, 0.05) is 47.4 Å². The predicted molar refractivity (Wildman–Crippen MR) is 132 cm³/mol. The Bertz CT molecular complexity index is 765. The van der Waals surface area contributed by atoms with Gasteiger partial charge in [0.05, 0.1) is 5.71 Å². The number of oxime groups is 1. The van der Waals surface area contributed by atoms with Gasteiger partial charge >= 0.3 is 0 Å².